The summed E-state index contributed by atoms with van der Waals surface area (Å²) in [6.45, 7) is 0. The van der Waals surface area contributed by atoms with Crippen LogP contribution in [0.5, 0.6) is 0 Å². The van der Waals surface area contributed by atoms with Crippen molar-refractivity contribution in [2.24, 2.45) is 0 Å². The number of nitrogens with zero attached hydrogens (tertiary/aromatic N) is 4. The van der Waals surface area contributed by atoms with E-state index in [9.17, 15) is 9.18 Å². The van der Waals surface area contributed by atoms with Crippen LogP contribution in [0.25, 0.3) is 33.4 Å². The predicted molar refractivity (Wildman–Crippen MR) is 98.6 cm³/mol. The summed E-state index contributed by atoms with van der Waals surface area (Å²) in [6, 6.07) is 13.6. The molecule has 126 valence electrons. The number of fused-ring (bicyclic) bond motifs is 5. The first-order valence-corrected chi connectivity index (χ1v) is 8.24. The van der Waals surface area contributed by atoms with Crippen molar-refractivity contribution in [2.45, 2.75) is 0 Å². The molecule has 5 aromatic rings. The molecule has 0 aliphatic heterocycles. The van der Waals surface area contributed by atoms with E-state index in [0.717, 1.165) is 11.0 Å². The van der Waals surface area contributed by atoms with Crippen LogP contribution < -0.4 is 5.56 Å². The Labute approximate surface area is 150 Å². The van der Waals surface area contributed by atoms with Gasteiger partial charge in [0.1, 0.15) is 5.82 Å². The number of imidazole rings is 1. The number of hydrogen-bond acceptors (Lipinski definition) is 3. The first-order valence-electron chi connectivity index (χ1n) is 7.86. The molecule has 5 rings (SSSR count). The Morgan fingerprint density at radius 2 is 1.88 bits per heavy atom. The van der Waals surface area contributed by atoms with E-state index in [1.165, 1.54) is 29.0 Å². The molecule has 0 aliphatic carbocycles. The number of halogens is 2. The molecule has 0 radical (unpaired) electrons. The maximum Gasteiger partial charge on any atom is 0.266 e. The SMILES string of the molecule is O=c1c2cnc3nc4ccccc4n3c2ccn1-c1ccc(F)c(Cl)c1. The zero-order chi connectivity index (χ0) is 17.8. The summed E-state index contributed by atoms with van der Waals surface area (Å²) < 4.78 is 16.7. The Hall–Kier alpha value is -3.25. The fraction of sp³-hybridized carbons (Fsp3) is 0. The van der Waals surface area contributed by atoms with Gasteiger partial charge in [0.2, 0.25) is 5.78 Å². The molecule has 0 aliphatic rings. The van der Waals surface area contributed by atoms with Crippen LogP contribution in [-0.2, 0) is 0 Å². The summed E-state index contributed by atoms with van der Waals surface area (Å²) in [5.41, 5.74) is 2.61. The normalized spacial score (nSPS) is 11.6. The van der Waals surface area contributed by atoms with Gasteiger partial charge in [-0.2, -0.15) is 0 Å². The van der Waals surface area contributed by atoms with Crippen molar-refractivity contribution in [3.8, 4) is 5.69 Å². The van der Waals surface area contributed by atoms with E-state index in [2.05, 4.69) is 9.97 Å². The third-order valence-electron chi connectivity index (χ3n) is 4.38. The molecule has 7 heteroatoms. The molecule has 0 unspecified atom stereocenters. The lowest BCUT2D eigenvalue weighted by atomic mass is 10.2. The van der Waals surface area contributed by atoms with Crippen LogP contribution >= 0.6 is 11.6 Å². The van der Waals surface area contributed by atoms with Crippen molar-refractivity contribution >= 4 is 39.3 Å². The molecule has 0 amide bonds. The minimum absolute atomic E-state index is 0.0383. The number of benzene rings is 2. The molecule has 0 N–H and O–H groups in total. The maximum atomic E-state index is 13.4. The van der Waals surface area contributed by atoms with Crippen LogP contribution in [0, 0.1) is 5.82 Å². The lowest BCUT2D eigenvalue weighted by Crippen LogP contribution is -2.18. The van der Waals surface area contributed by atoms with Crippen molar-refractivity contribution in [2.75, 3.05) is 0 Å². The van der Waals surface area contributed by atoms with Crippen LogP contribution in [0.2, 0.25) is 5.02 Å². The van der Waals surface area contributed by atoms with Crippen LogP contribution in [0.15, 0.2) is 65.7 Å². The molecule has 0 saturated heterocycles. The highest BCUT2D eigenvalue weighted by Crippen LogP contribution is 2.22. The van der Waals surface area contributed by atoms with E-state index >= 15 is 0 Å². The summed E-state index contributed by atoms with van der Waals surface area (Å²) in [7, 11) is 0. The van der Waals surface area contributed by atoms with Gasteiger partial charge in [-0.15, -0.1) is 0 Å². The van der Waals surface area contributed by atoms with E-state index < -0.39 is 5.82 Å². The van der Waals surface area contributed by atoms with Gasteiger partial charge in [0.05, 0.1) is 32.6 Å². The zero-order valence-electron chi connectivity index (χ0n) is 13.2. The number of rotatable bonds is 1. The molecule has 3 heterocycles. The van der Waals surface area contributed by atoms with Gasteiger partial charge in [0.25, 0.3) is 5.56 Å². The Morgan fingerprint density at radius 1 is 1.04 bits per heavy atom. The number of aromatic nitrogens is 4. The average molecular weight is 365 g/mol. The quantitative estimate of drug-likeness (QED) is 0.452. The zero-order valence-corrected chi connectivity index (χ0v) is 14.0. The summed E-state index contributed by atoms with van der Waals surface area (Å²) in [6.07, 6.45) is 3.16. The van der Waals surface area contributed by atoms with Crippen molar-refractivity contribution in [1.29, 1.82) is 0 Å². The van der Waals surface area contributed by atoms with Gasteiger partial charge in [0.15, 0.2) is 0 Å². The molecule has 0 spiro atoms. The lowest BCUT2D eigenvalue weighted by molar-refractivity contribution is 0.627. The minimum Gasteiger partial charge on any atom is -0.284 e. The van der Waals surface area contributed by atoms with Crippen molar-refractivity contribution in [3.05, 3.63) is 82.1 Å². The third kappa shape index (κ3) is 2.06. The van der Waals surface area contributed by atoms with Gasteiger partial charge in [0, 0.05) is 12.4 Å². The van der Waals surface area contributed by atoms with Gasteiger partial charge in [-0.1, -0.05) is 23.7 Å². The summed E-state index contributed by atoms with van der Waals surface area (Å²) in [5.74, 6) is -0.00167. The third-order valence-corrected chi connectivity index (χ3v) is 4.67. The van der Waals surface area contributed by atoms with E-state index in [4.69, 9.17) is 11.6 Å². The Balaban J connectivity index is 1.86. The molecule has 3 aromatic heterocycles. The van der Waals surface area contributed by atoms with Gasteiger partial charge < -0.3 is 0 Å². The summed E-state index contributed by atoms with van der Waals surface area (Å²) in [4.78, 5) is 21.8. The monoisotopic (exact) mass is 364 g/mol. The van der Waals surface area contributed by atoms with Crippen LogP contribution in [0.1, 0.15) is 0 Å². The number of pyridine rings is 1. The fourth-order valence-corrected chi connectivity index (χ4v) is 3.33. The Bertz CT molecular complexity index is 1390. The highest BCUT2D eigenvalue weighted by Gasteiger charge is 2.13. The average Bonchev–Trinajstić information content (AvgIpc) is 3.03. The van der Waals surface area contributed by atoms with Gasteiger partial charge >= 0.3 is 0 Å². The molecule has 0 atom stereocenters. The lowest BCUT2D eigenvalue weighted by Gasteiger charge is -2.09. The molecule has 26 heavy (non-hydrogen) atoms. The van der Waals surface area contributed by atoms with E-state index in [-0.39, 0.29) is 10.6 Å². The van der Waals surface area contributed by atoms with Gasteiger partial charge in [-0.25, -0.2) is 14.4 Å². The molecule has 2 aromatic carbocycles. The standard InChI is InChI=1S/C19H10ClFN4O/c20-13-9-11(5-6-14(13)21)24-8-7-16-12(18(24)26)10-22-19-23-15-3-1-2-4-17(15)25(16)19/h1-10H. The second-order valence-corrected chi connectivity index (χ2v) is 6.29. The maximum absolute atomic E-state index is 13.4. The second-order valence-electron chi connectivity index (χ2n) is 5.88. The van der Waals surface area contributed by atoms with Gasteiger partial charge in [-0.05, 0) is 36.4 Å². The molecule has 0 saturated carbocycles. The van der Waals surface area contributed by atoms with E-state index in [0.29, 0.717) is 22.4 Å². The smallest absolute Gasteiger partial charge is 0.266 e. The van der Waals surface area contributed by atoms with Crippen molar-refractivity contribution in [1.82, 2.24) is 18.9 Å². The van der Waals surface area contributed by atoms with Crippen LogP contribution in [0.3, 0.4) is 0 Å². The van der Waals surface area contributed by atoms with Crippen LogP contribution in [-0.4, -0.2) is 18.9 Å². The molecule has 0 fully saturated rings. The Morgan fingerprint density at radius 3 is 2.73 bits per heavy atom. The first kappa shape index (κ1) is 15.0. The first-order chi connectivity index (χ1) is 12.6. The predicted octanol–water partition coefficient (Wildman–Crippen LogP) is 3.98. The van der Waals surface area contributed by atoms with Gasteiger partial charge in [-0.3, -0.25) is 13.8 Å². The highest BCUT2D eigenvalue weighted by molar-refractivity contribution is 6.30. The van der Waals surface area contributed by atoms with Crippen molar-refractivity contribution in [3.63, 3.8) is 0 Å². The van der Waals surface area contributed by atoms with E-state index in [1.54, 1.807) is 6.20 Å². The highest BCUT2D eigenvalue weighted by atomic mass is 35.5. The second kappa shape index (κ2) is 5.37. The Kier molecular flexibility index (Phi) is 3.11. The van der Waals surface area contributed by atoms with E-state index in [1.807, 2.05) is 34.7 Å². The topological polar surface area (TPSA) is 52.2 Å². The van der Waals surface area contributed by atoms with Crippen LogP contribution in [0.4, 0.5) is 4.39 Å². The molecular weight excluding hydrogens is 355 g/mol. The molecule has 5 nitrogen and oxygen atoms in total. The number of hydrogen-bond donors (Lipinski definition) is 0. The fourth-order valence-electron chi connectivity index (χ4n) is 3.16. The minimum atomic E-state index is -0.530. The largest absolute Gasteiger partial charge is 0.284 e. The van der Waals surface area contributed by atoms with Crippen molar-refractivity contribution < 1.29 is 4.39 Å². The summed E-state index contributed by atoms with van der Waals surface area (Å²) in [5, 5.41) is 0.396. The molecular formula is C19H10ClFN4O. The summed E-state index contributed by atoms with van der Waals surface area (Å²) >= 11 is 5.85. The molecule has 0 bridgehead atoms. The number of para-hydroxylation sites is 2.